The van der Waals surface area contributed by atoms with Gasteiger partial charge in [0.05, 0.1) is 16.6 Å². The number of anilines is 1. The number of aryl methyl sites for hydroxylation is 3. The van der Waals surface area contributed by atoms with Crippen LogP contribution in [0.2, 0.25) is 0 Å². The maximum Gasteiger partial charge on any atom is 0.194 e. The third-order valence-corrected chi connectivity index (χ3v) is 7.66. The van der Waals surface area contributed by atoms with E-state index in [0.29, 0.717) is 23.3 Å². The molecule has 1 N–H and O–H groups in total. The molecule has 3 aromatic rings. The number of hydrogen-bond donors (Lipinski definition) is 1. The highest BCUT2D eigenvalue weighted by Crippen LogP contribution is 2.40. The van der Waals surface area contributed by atoms with Gasteiger partial charge in [0.25, 0.3) is 0 Å². The summed E-state index contributed by atoms with van der Waals surface area (Å²) in [4.78, 5) is 7.49. The Labute approximate surface area is 206 Å². The maximum absolute atomic E-state index is 9.84. The number of fused-ring (bicyclic) bond motifs is 1. The van der Waals surface area contributed by atoms with Gasteiger partial charge in [0.15, 0.2) is 5.76 Å². The number of hydrogen-bond acceptors (Lipinski definition) is 8. The van der Waals surface area contributed by atoms with Crippen LogP contribution in [0.15, 0.2) is 16.7 Å². The molecule has 0 amide bonds. The van der Waals surface area contributed by atoms with Crippen LogP contribution in [-0.2, 0) is 4.74 Å². The molecule has 0 bridgehead atoms. The van der Waals surface area contributed by atoms with Crippen molar-refractivity contribution in [2.75, 3.05) is 31.2 Å². The Bertz CT molecular complexity index is 1260. The van der Waals surface area contributed by atoms with Crippen LogP contribution in [0.25, 0.3) is 22.2 Å². The van der Waals surface area contributed by atoms with Gasteiger partial charge >= 0.3 is 0 Å². The Balaban J connectivity index is 1.49. The largest absolute Gasteiger partial charge is 0.381 e. The minimum Gasteiger partial charge on any atom is -0.381 e. The molecule has 8 nitrogen and oxygen atoms in total. The highest BCUT2D eigenvalue weighted by atomic mass is 16.5. The zero-order valence-electron chi connectivity index (χ0n) is 21.1. The van der Waals surface area contributed by atoms with Gasteiger partial charge in [0, 0.05) is 42.5 Å². The van der Waals surface area contributed by atoms with Gasteiger partial charge in [-0.3, -0.25) is 0 Å². The van der Waals surface area contributed by atoms with Crippen molar-refractivity contribution in [1.82, 2.24) is 20.7 Å². The topological polar surface area (TPSA) is 100 Å². The van der Waals surface area contributed by atoms with Crippen LogP contribution < -0.4 is 10.2 Å². The molecule has 2 aliphatic heterocycles. The van der Waals surface area contributed by atoms with Crippen molar-refractivity contribution in [3.63, 3.8) is 0 Å². The van der Waals surface area contributed by atoms with Crippen molar-refractivity contribution in [3.05, 3.63) is 34.5 Å². The fraction of sp³-hybridized carbons (Fsp3) is 0.556. The van der Waals surface area contributed by atoms with Crippen molar-refractivity contribution in [3.8, 4) is 17.4 Å². The predicted molar refractivity (Wildman–Crippen MR) is 135 cm³/mol. The summed E-state index contributed by atoms with van der Waals surface area (Å²) in [7, 11) is 0. The van der Waals surface area contributed by atoms with Crippen molar-refractivity contribution in [2.24, 2.45) is 5.92 Å². The van der Waals surface area contributed by atoms with Crippen LogP contribution in [0, 0.1) is 38.0 Å². The predicted octanol–water partition coefficient (Wildman–Crippen LogP) is 4.46. The molecular formula is C27H34N6O2. The first-order valence-corrected chi connectivity index (χ1v) is 12.7. The molecule has 0 unspecified atom stereocenters. The zero-order chi connectivity index (χ0) is 24.5. The third kappa shape index (κ3) is 4.63. The molecule has 0 aliphatic carbocycles. The molecule has 2 atom stereocenters. The average molecular weight is 475 g/mol. The summed E-state index contributed by atoms with van der Waals surface area (Å²) in [6, 6.07) is 7.13. The normalized spacial score (nSPS) is 21.4. The summed E-state index contributed by atoms with van der Waals surface area (Å²) in [6.07, 6.45) is 4.37. The van der Waals surface area contributed by atoms with E-state index >= 15 is 0 Å². The zero-order valence-corrected chi connectivity index (χ0v) is 21.1. The average Bonchev–Trinajstić information content (AvgIpc) is 3.28. The number of nitrogens with one attached hydrogen (secondary N) is 1. The minimum atomic E-state index is 0.284. The first kappa shape index (κ1) is 23.7. The molecule has 5 rings (SSSR count). The van der Waals surface area contributed by atoms with E-state index in [1.165, 1.54) is 0 Å². The Morgan fingerprint density at radius 3 is 2.66 bits per heavy atom. The van der Waals surface area contributed by atoms with Crippen molar-refractivity contribution >= 4 is 16.7 Å². The Hall–Kier alpha value is -3.02. The van der Waals surface area contributed by atoms with E-state index in [1.807, 2.05) is 19.9 Å². The number of benzene rings is 1. The number of piperidine rings is 1. The number of rotatable bonds is 5. The van der Waals surface area contributed by atoms with E-state index < -0.39 is 0 Å². The van der Waals surface area contributed by atoms with Crippen LogP contribution in [-0.4, -0.2) is 53.7 Å². The van der Waals surface area contributed by atoms with Crippen molar-refractivity contribution < 1.29 is 9.26 Å². The fourth-order valence-electron chi connectivity index (χ4n) is 5.63. The lowest BCUT2D eigenvalue weighted by molar-refractivity contribution is 0.0650. The second-order valence-corrected chi connectivity index (χ2v) is 10.2. The van der Waals surface area contributed by atoms with Crippen molar-refractivity contribution in [1.29, 1.82) is 5.26 Å². The van der Waals surface area contributed by atoms with Crippen LogP contribution in [0.3, 0.4) is 0 Å². The van der Waals surface area contributed by atoms with Gasteiger partial charge in [-0.15, -0.1) is 5.10 Å². The van der Waals surface area contributed by atoms with Crippen molar-refractivity contribution in [2.45, 2.75) is 65.5 Å². The second-order valence-electron chi connectivity index (χ2n) is 10.2. The van der Waals surface area contributed by atoms with Gasteiger partial charge in [-0.05, 0) is 89.1 Å². The standard InChI is InChI=1S/C27H34N6O2/c1-16-11-21(14-28)25-23(12-16)18(3)24(26-19(4)31-32-35-26)27(30-25)33-8-5-22(13-17(33)2)29-15-20-6-9-34-10-7-20/h11-12,17,20,22,29H,5-10,13,15H2,1-4H3/t17-,22-/m1/s1. The Morgan fingerprint density at radius 1 is 1.17 bits per heavy atom. The summed E-state index contributed by atoms with van der Waals surface area (Å²) in [6.45, 7) is 12.0. The van der Waals surface area contributed by atoms with E-state index in [0.717, 1.165) is 91.1 Å². The SMILES string of the molecule is Cc1cc(C#N)c2nc(N3CC[C@@H](NCC4CCOCC4)C[C@H]3C)c(-c3onnc3C)c(C)c2c1. The van der Waals surface area contributed by atoms with E-state index in [9.17, 15) is 5.26 Å². The monoisotopic (exact) mass is 474 g/mol. The van der Waals surface area contributed by atoms with E-state index in [1.54, 1.807) is 0 Å². The molecule has 0 radical (unpaired) electrons. The van der Waals surface area contributed by atoms with Gasteiger partial charge in [0.1, 0.15) is 17.6 Å². The molecule has 2 aliphatic rings. The van der Waals surface area contributed by atoms with Crippen LogP contribution >= 0.6 is 0 Å². The first-order chi connectivity index (χ1) is 17.0. The summed E-state index contributed by atoms with van der Waals surface area (Å²) in [5.41, 5.74) is 5.09. The number of ether oxygens (including phenoxy) is 1. The third-order valence-electron chi connectivity index (χ3n) is 7.66. The number of nitriles is 1. The molecule has 35 heavy (non-hydrogen) atoms. The fourth-order valence-corrected chi connectivity index (χ4v) is 5.63. The molecule has 8 heteroatoms. The van der Waals surface area contributed by atoms with E-state index in [2.05, 4.69) is 46.6 Å². The van der Waals surface area contributed by atoms with Crippen LogP contribution in [0.4, 0.5) is 5.82 Å². The molecule has 1 aromatic carbocycles. The second kappa shape index (κ2) is 9.92. The number of nitrogens with zero attached hydrogens (tertiary/aromatic N) is 5. The lowest BCUT2D eigenvalue weighted by Gasteiger charge is -2.40. The van der Waals surface area contributed by atoms with Gasteiger partial charge in [-0.1, -0.05) is 0 Å². The van der Waals surface area contributed by atoms with Crippen LogP contribution in [0.1, 0.15) is 55.0 Å². The highest BCUT2D eigenvalue weighted by molar-refractivity contribution is 5.96. The van der Waals surface area contributed by atoms with Gasteiger partial charge < -0.3 is 19.5 Å². The first-order valence-electron chi connectivity index (χ1n) is 12.7. The summed E-state index contributed by atoms with van der Waals surface area (Å²) in [5, 5.41) is 22.6. The number of aromatic nitrogens is 3. The summed E-state index contributed by atoms with van der Waals surface area (Å²) < 4.78 is 11.2. The molecule has 184 valence electrons. The van der Waals surface area contributed by atoms with Gasteiger partial charge in [-0.25, -0.2) is 4.98 Å². The number of pyridine rings is 1. The van der Waals surface area contributed by atoms with E-state index in [-0.39, 0.29) is 6.04 Å². The molecule has 4 heterocycles. The van der Waals surface area contributed by atoms with Crippen LogP contribution in [0.5, 0.6) is 0 Å². The minimum absolute atomic E-state index is 0.284. The highest BCUT2D eigenvalue weighted by Gasteiger charge is 2.31. The molecule has 0 saturated carbocycles. The molecule has 0 spiro atoms. The Morgan fingerprint density at radius 2 is 1.97 bits per heavy atom. The molecule has 2 aromatic heterocycles. The smallest absolute Gasteiger partial charge is 0.194 e. The van der Waals surface area contributed by atoms with Gasteiger partial charge in [0.2, 0.25) is 0 Å². The lowest BCUT2D eigenvalue weighted by atomic mass is 9.93. The molecule has 2 fully saturated rings. The molecular weight excluding hydrogens is 440 g/mol. The Kier molecular flexibility index (Phi) is 6.72. The van der Waals surface area contributed by atoms with E-state index in [4.69, 9.17) is 14.2 Å². The summed E-state index contributed by atoms with van der Waals surface area (Å²) in [5.74, 6) is 2.22. The lowest BCUT2D eigenvalue weighted by Crippen LogP contribution is -2.49. The quantitative estimate of drug-likeness (QED) is 0.579. The molecule has 2 saturated heterocycles. The summed E-state index contributed by atoms with van der Waals surface area (Å²) >= 11 is 0. The maximum atomic E-state index is 9.84. The van der Waals surface area contributed by atoms with Gasteiger partial charge in [-0.2, -0.15) is 5.26 Å².